The van der Waals surface area contributed by atoms with Crippen molar-refractivity contribution in [3.63, 3.8) is 0 Å². The maximum Gasteiger partial charge on any atom is 0.146 e. The highest BCUT2D eigenvalue weighted by molar-refractivity contribution is 5.27. The summed E-state index contributed by atoms with van der Waals surface area (Å²) in [7, 11) is 0. The topological polar surface area (TPSA) is 36.3 Å². The Bertz CT molecular complexity index is 393. The minimum Gasteiger partial charge on any atom is -0.358 e. The fourth-order valence-electron chi connectivity index (χ4n) is 2.00. The second-order valence-electron chi connectivity index (χ2n) is 5.21. The van der Waals surface area contributed by atoms with Gasteiger partial charge in [0, 0.05) is 0 Å². The van der Waals surface area contributed by atoms with Gasteiger partial charge in [0.2, 0.25) is 0 Å². The highest BCUT2D eigenvalue weighted by Crippen LogP contribution is 2.19. The maximum atomic E-state index is 8.55. The molecule has 0 N–H and O–H groups in total. The van der Waals surface area contributed by atoms with E-state index in [0.29, 0.717) is 13.0 Å². The SMILES string of the molecule is C=C(C)[C@@](C)(C#CCN1CCCCC1)OCCC#N. The lowest BCUT2D eigenvalue weighted by Gasteiger charge is -2.26. The van der Waals surface area contributed by atoms with Crippen LogP contribution in [0.1, 0.15) is 39.5 Å². The fraction of sp³-hybridized carbons (Fsp3) is 0.688. The number of nitriles is 1. The van der Waals surface area contributed by atoms with Crippen molar-refractivity contribution in [2.24, 2.45) is 0 Å². The molecular weight excluding hydrogens is 236 g/mol. The van der Waals surface area contributed by atoms with Gasteiger partial charge in [-0.1, -0.05) is 24.8 Å². The quantitative estimate of drug-likeness (QED) is 0.433. The molecule has 0 aliphatic carbocycles. The molecular formula is C16H24N2O. The van der Waals surface area contributed by atoms with Crippen LogP contribution in [0.2, 0.25) is 0 Å². The Labute approximate surface area is 117 Å². The van der Waals surface area contributed by atoms with Gasteiger partial charge in [0.25, 0.3) is 0 Å². The Morgan fingerprint density at radius 1 is 1.37 bits per heavy atom. The molecule has 0 amide bonds. The van der Waals surface area contributed by atoms with E-state index in [2.05, 4.69) is 29.4 Å². The highest BCUT2D eigenvalue weighted by Gasteiger charge is 2.23. The molecule has 0 unspecified atom stereocenters. The number of rotatable bonds is 5. The molecule has 1 aliphatic heterocycles. The average molecular weight is 260 g/mol. The van der Waals surface area contributed by atoms with Crippen LogP contribution in [0.3, 0.4) is 0 Å². The van der Waals surface area contributed by atoms with Crippen LogP contribution in [0, 0.1) is 23.2 Å². The van der Waals surface area contributed by atoms with E-state index in [1.807, 2.05) is 13.8 Å². The molecule has 1 heterocycles. The molecule has 1 aliphatic rings. The first-order chi connectivity index (χ1) is 9.08. The van der Waals surface area contributed by atoms with Gasteiger partial charge >= 0.3 is 0 Å². The lowest BCUT2D eigenvalue weighted by molar-refractivity contribution is 0.0439. The predicted molar refractivity (Wildman–Crippen MR) is 77.5 cm³/mol. The van der Waals surface area contributed by atoms with Crippen LogP contribution in [-0.4, -0.2) is 36.7 Å². The normalized spacial score (nSPS) is 18.8. The van der Waals surface area contributed by atoms with Gasteiger partial charge < -0.3 is 4.74 Å². The van der Waals surface area contributed by atoms with Crippen molar-refractivity contribution in [1.29, 1.82) is 5.26 Å². The van der Waals surface area contributed by atoms with E-state index < -0.39 is 5.60 Å². The Morgan fingerprint density at radius 2 is 2.05 bits per heavy atom. The molecule has 0 aromatic heterocycles. The number of hydrogen-bond acceptors (Lipinski definition) is 3. The molecule has 0 aromatic carbocycles. The van der Waals surface area contributed by atoms with Gasteiger partial charge in [0.05, 0.1) is 25.6 Å². The molecule has 0 saturated carbocycles. The second-order valence-corrected chi connectivity index (χ2v) is 5.21. The van der Waals surface area contributed by atoms with Gasteiger partial charge in [-0.05, 0) is 45.4 Å². The fourth-order valence-corrected chi connectivity index (χ4v) is 2.00. The average Bonchev–Trinajstić information content (AvgIpc) is 2.40. The monoisotopic (exact) mass is 260 g/mol. The van der Waals surface area contributed by atoms with Crippen molar-refractivity contribution in [2.75, 3.05) is 26.2 Å². The van der Waals surface area contributed by atoms with Crippen LogP contribution >= 0.6 is 0 Å². The van der Waals surface area contributed by atoms with E-state index in [1.165, 1.54) is 19.3 Å². The van der Waals surface area contributed by atoms with Crippen molar-refractivity contribution in [3.05, 3.63) is 12.2 Å². The van der Waals surface area contributed by atoms with E-state index >= 15 is 0 Å². The van der Waals surface area contributed by atoms with Crippen LogP contribution in [0.5, 0.6) is 0 Å². The predicted octanol–water partition coefficient (Wildman–Crippen LogP) is 2.74. The molecule has 104 valence electrons. The Balaban J connectivity index is 2.52. The van der Waals surface area contributed by atoms with Crippen LogP contribution in [-0.2, 0) is 4.74 Å². The zero-order valence-corrected chi connectivity index (χ0v) is 12.2. The molecule has 0 radical (unpaired) electrons. The summed E-state index contributed by atoms with van der Waals surface area (Å²) >= 11 is 0. The standard InChI is InChI=1S/C16H24N2O/c1-15(2)16(3,19-14-8-10-17)9-7-13-18-11-5-4-6-12-18/h1,4-6,8,11-14H2,2-3H3/t16-/m1/s1. The third kappa shape index (κ3) is 5.47. The van der Waals surface area contributed by atoms with Gasteiger partial charge in [-0.25, -0.2) is 0 Å². The summed E-state index contributed by atoms with van der Waals surface area (Å²) in [5.41, 5.74) is 0.253. The number of likely N-dealkylation sites (tertiary alicyclic amines) is 1. The molecule has 0 aromatic rings. The third-order valence-corrected chi connectivity index (χ3v) is 3.50. The lowest BCUT2D eigenvalue weighted by atomic mass is 9.99. The second kappa shape index (κ2) is 8.00. The van der Waals surface area contributed by atoms with E-state index in [4.69, 9.17) is 10.00 Å². The molecule has 1 rings (SSSR count). The first kappa shape index (κ1) is 15.8. The zero-order valence-electron chi connectivity index (χ0n) is 12.2. The number of ether oxygens (including phenoxy) is 1. The summed E-state index contributed by atoms with van der Waals surface area (Å²) in [6.45, 7) is 11.3. The van der Waals surface area contributed by atoms with Crippen molar-refractivity contribution in [3.8, 4) is 17.9 Å². The van der Waals surface area contributed by atoms with E-state index in [1.54, 1.807) is 0 Å². The molecule has 1 atom stereocenters. The molecule has 3 nitrogen and oxygen atoms in total. The Morgan fingerprint density at radius 3 is 2.63 bits per heavy atom. The van der Waals surface area contributed by atoms with E-state index in [9.17, 15) is 0 Å². The molecule has 3 heteroatoms. The van der Waals surface area contributed by atoms with Gasteiger partial charge in [0.15, 0.2) is 0 Å². The first-order valence-corrected chi connectivity index (χ1v) is 6.98. The van der Waals surface area contributed by atoms with Crippen molar-refractivity contribution in [1.82, 2.24) is 4.90 Å². The minimum absolute atomic E-state index is 0.386. The summed E-state index contributed by atoms with van der Waals surface area (Å²) in [6, 6.07) is 2.08. The number of piperidine rings is 1. The molecule has 0 spiro atoms. The summed E-state index contributed by atoms with van der Waals surface area (Å²) < 4.78 is 5.71. The molecule has 19 heavy (non-hydrogen) atoms. The zero-order chi connectivity index (χ0) is 14.1. The highest BCUT2D eigenvalue weighted by atomic mass is 16.5. The van der Waals surface area contributed by atoms with Crippen molar-refractivity contribution in [2.45, 2.75) is 45.1 Å². The van der Waals surface area contributed by atoms with Gasteiger partial charge in [-0.3, -0.25) is 4.90 Å². The van der Waals surface area contributed by atoms with Crippen molar-refractivity contribution < 1.29 is 4.74 Å². The minimum atomic E-state index is -0.632. The number of hydrogen-bond donors (Lipinski definition) is 0. The van der Waals surface area contributed by atoms with Crippen LogP contribution < -0.4 is 0 Å². The van der Waals surface area contributed by atoms with E-state index in [-0.39, 0.29) is 0 Å². The molecule has 1 saturated heterocycles. The first-order valence-electron chi connectivity index (χ1n) is 6.98. The van der Waals surface area contributed by atoms with Gasteiger partial charge in [-0.2, -0.15) is 5.26 Å². The Hall–Kier alpha value is -1.29. The van der Waals surface area contributed by atoms with Crippen molar-refractivity contribution >= 4 is 0 Å². The molecule has 1 fully saturated rings. The van der Waals surface area contributed by atoms with E-state index in [0.717, 1.165) is 25.2 Å². The lowest BCUT2D eigenvalue weighted by Crippen LogP contribution is -2.31. The summed E-state index contributed by atoms with van der Waals surface area (Å²) in [4.78, 5) is 2.38. The summed E-state index contributed by atoms with van der Waals surface area (Å²) in [5, 5.41) is 8.55. The molecule has 0 bridgehead atoms. The summed E-state index contributed by atoms with van der Waals surface area (Å²) in [5.74, 6) is 6.39. The van der Waals surface area contributed by atoms with Gasteiger partial charge in [0.1, 0.15) is 5.60 Å². The maximum absolute atomic E-state index is 8.55. The van der Waals surface area contributed by atoms with Gasteiger partial charge in [-0.15, -0.1) is 0 Å². The largest absolute Gasteiger partial charge is 0.358 e. The Kier molecular flexibility index (Phi) is 6.64. The smallest absolute Gasteiger partial charge is 0.146 e. The number of nitrogens with zero attached hydrogens (tertiary/aromatic N) is 2. The van der Waals surface area contributed by atoms with Crippen LogP contribution in [0.15, 0.2) is 12.2 Å². The van der Waals surface area contributed by atoms with Crippen LogP contribution in [0.25, 0.3) is 0 Å². The summed E-state index contributed by atoms with van der Waals surface area (Å²) in [6.07, 6.45) is 4.28. The van der Waals surface area contributed by atoms with Crippen LogP contribution in [0.4, 0.5) is 0 Å². The third-order valence-electron chi connectivity index (χ3n) is 3.50.